The Kier molecular flexibility index (Phi) is 6.08. The number of rotatable bonds is 4. The van der Waals surface area contributed by atoms with E-state index in [1.54, 1.807) is 17.0 Å². The molecule has 4 rings (SSSR count). The quantitative estimate of drug-likeness (QED) is 0.792. The molecular formula is C23H29FN4O2. The maximum atomic E-state index is 14.8. The van der Waals surface area contributed by atoms with Crippen molar-refractivity contribution < 1.29 is 13.9 Å². The van der Waals surface area contributed by atoms with Gasteiger partial charge in [0.1, 0.15) is 5.82 Å². The molecule has 2 heterocycles. The lowest BCUT2D eigenvalue weighted by Crippen LogP contribution is -2.45. The van der Waals surface area contributed by atoms with Gasteiger partial charge in [0.25, 0.3) is 0 Å². The van der Waals surface area contributed by atoms with Crippen molar-refractivity contribution in [3.8, 4) is 0 Å². The van der Waals surface area contributed by atoms with Crippen LogP contribution in [0.5, 0.6) is 0 Å². The third-order valence-corrected chi connectivity index (χ3v) is 5.58. The highest BCUT2D eigenvalue weighted by atomic mass is 19.1. The van der Waals surface area contributed by atoms with Crippen molar-refractivity contribution in [1.82, 2.24) is 4.90 Å². The van der Waals surface area contributed by atoms with Gasteiger partial charge in [0.15, 0.2) is 0 Å². The predicted molar refractivity (Wildman–Crippen MR) is 118 cm³/mol. The average molecular weight is 413 g/mol. The Bertz CT molecular complexity index is 869. The highest BCUT2D eigenvalue weighted by Gasteiger charge is 2.27. The van der Waals surface area contributed by atoms with Crippen LogP contribution in [-0.2, 0) is 4.74 Å². The van der Waals surface area contributed by atoms with Crippen molar-refractivity contribution in [3.05, 3.63) is 54.3 Å². The summed E-state index contributed by atoms with van der Waals surface area (Å²) in [5.41, 5.74) is 2.06. The number of para-hydroxylation sites is 1. The van der Waals surface area contributed by atoms with Crippen molar-refractivity contribution >= 4 is 23.1 Å². The van der Waals surface area contributed by atoms with Crippen LogP contribution in [0.2, 0.25) is 0 Å². The van der Waals surface area contributed by atoms with Crippen LogP contribution in [0.4, 0.5) is 26.2 Å². The molecule has 0 spiro atoms. The Labute approximate surface area is 177 Å². The van der Waals surface area contributed by atoms with E-state index in [0.717, 1.165) is 12.1 Å². The largest absolute Gasteiger partial charge is 0.380 e. The number of anilines is 3. The first-order valence-electron chi connectivity index (χ1n) is 10.6. The van der Waals surface area contributed by atoms with Crippen molar-refractivity contribution in [1.29, 1.82) is 0 Å². The maximum absolute atomic E-state index is 14.8. The summed E-state index contributed by atoms with van der Waals surface area (Å²) < 4.78 is 20.5. The van der Waals surface area contributed by atoms with Gasteiger partial charge in [0.05, 0.1) is 17.9 Å². The highest BCUT2D eigenvalue weighted by Crippen LogP contribution is 2.26. The summed E-state index contributed by atoms with van der Waals surface area (Å²) in [5.74, 6) is -0.334. The summed E-state index contributed by atoms with van der Waals surface area (Å²) in [6.45, 7) is 6.56. The molecule has 2 fully saturated rings. The molecule has 160 valence electrons. The molecule has 2 aliphatic heterocycles. The summed E-state index contributed by atoms with van der Waals surface area (Å²) >= 11 is 0. The average Bonchev–Trinajstić information content (AvgIpc) is 3.17. The number of benzene rings is 2. The van der Waals surface area contributed by atoms with Crippen LogP contribution < -0.4 is 15.5 Å². The van der Waals surface area contributed by atoms with Crippen LogP contribution in [0.1, 0.15) is 20.3 Å². The first-order valence-corrected chi connectivity index (χ1v) is 10.6. The fourth-order valence-electron chi connectivity index (χ4n) is 4.25. The number of halogens is 1. The van der Waals surface area contributed by atoms with Gasteiger partial charge in [-0.1, -0.05) is 18.2 Å². The second-order valence-electron chi connectivity index (χ2n) is 8.20. The predicted octanol–water partition coefficient (Wildman–Crippen LogP) is 4.16. The zero-order valence-corrected chi connectivity index (χ0v) is 17.5. The smallest absolute Gasteiger partial charge is 0.321 e. The van der Waals surface area contributed by atoms with E-state index in [1.165, 1.54) is 6.07 Å². The molecule has 0 saturated carbocycles. The van der Waals surface area contributed by atoms with Gasteiger partial charge in [-0.15, -0.1) is 0 Å². The van der Waals surface area contributed by atoms with Crippen molar-refractivity contribution in [2.24, 2.45) is 0 Å². The number of likely N-dealkylation sites (tertiary alicyclic amines) is 1. The van der Waals surface area contributed by atoms with Crippen LogP contribution in [0.3, 0.4) is 0 Å². The monoisotopic (exact) mass is 412 g/mol. The van der Waals surface area contributed by atoms with Gasteiger partial charge in [-0.2, -0.15) is 0 Å². The second kappa shape index (κ2) is 8.92. The molecule has 0 aromatic heterocycles. The number of nitrogens with zero attached hydrogens (tertiary/aromatic N) is 2. The van der Waals surface area contributed by atoms with Gasteiger partial charge in [-0.3, -0.25) is 0 Å². The van der Waals surface area contributed by atoms with Gasteiger partial charge in [0, 0.05) is 43.6 Å². The van der Waals surface area contributed by atoms with E-state index in [9.17, 15) is 9.18 Å². The lowest BCUT2D eigenvalue weighted by atomic mass is 10.2. The number of morpholine rings is 1. The molecule has 30 heavy (non-hydrogen) atoms. The summed E-state index contributed by atoms with van der Waals surface area (Å²) in [5, 5.41) is 6.28. The Hall–Kier alpha value is -2.80. The number of ether oxygens (including phenoxy) is 1. The molecule has 7 heteroatoms. The minimum Gasteiger partial charge on any atom is -0.380 e. The van der Waals surface area contributed by atoms with Gasteiger partial charge < -0.3 is 25.2 Å². The molecule has 2 aromatic rings. The van der Waals surface area contributed by atoms with Gasteiger partial charge in [0.2, 0.25) is 0 Å². The molecule has 2 saturated heterocycles. The number of carbonyl (C=O) groups excluding carboxylic acids is 1. The summed E-state index contributed by atoms with van der Waals surface area (Å²) in [4.78, 5) is 16.4. The molecule has 2 amide bonds. The molecule has 3 unspecified atom stereocenters. The summed E-state index contributed by atoms with van der Waals surface area (Å²) in [7, 11) is 0. The minimum absolute atomic E-state index is 0.0557. The minimum atomic E-state index is -0.334. The molecule has 0 bridgehead atoms. The van der Waals surface area contributed by atoms with E-state index in [1.807, 2.05) is 49.1 Å². The Morgan fingerprint density at radius 2 is 1.77 bits per heavy atom. The van der Waals surface area contributed by atoms with Gasteiger partial charge >= 0.3 is 6.03 Å². The molecular weight excluding hydrogens is 383 g/mol. The maximum Gasteiger partial charge on any atom is 0.321 e. The SMILES string of the molecule is CC1CN(c2ccc(NC(=O)N3CCC(Nc4ccccc4)C3)cc2F)CC(C)O1. The highest BCUT2D eigenvalue weighted by molar-refractivity contribution is 5.89. The van der Waals surface area contributed by atoms with E-state index in [2.05, 4.69) is 10.6 Å². The van der Waals surface area contributed by atoms with Crippen molar-refractivity contribution in [2.45, 2.75) is 38.5 Å². The molecule has 3 atom stereocenters. The molecule has 2 aromatic carbocycles. The van der Waals surface area contributed by atoms with Crippen LogP contribution in [-0.4, -0.2) is 55.4 Å². The van der Waals surface area contributed by atoms with Crippen LogP contribution >= 0.6 is 0 Å². The zero-order chi connectivity index (χ0) is 21.1. The number of hydrogen-bond donors (Lipinski definition) is 2. The van der Waals surface area contributed by atoms with E-state index in [4.69, 9.17) is 4.74 Å². The molecule has 2 N–H and O–H groups in total. The molecule has 6 nitrogen and oxygen atoms in total. The Morgan fingerprint density at radius 1 is 1.03 bits per heavy atom. The second-order valence-corrected chi connectivity index (χ2v) is 8.20. The summed E-state index contributed by atoms with van der Waals surface area (Å²) in [6, 6.07) is 14.9. The zero-order valence-electron chi connectivity index (χ0n) is 17.5. The number of carbonyl (C=O) groups is 1. The Balaban J connectivity index is 1.34. The van der Waals surface area contributed by atoms with Gasteiger partial charge in [-0.05, 0) is 50.6 Å². The molecule has 2 aliphatic rings. The number of hydrogen-bond acceptors (Lipinski definition) is 4. The third kappa shape index (κ3) is 4.84. The fraction of sp³-hybridized carbons (Fsp3) is 0.435. The third-order valence-electron chi connectivity index (χ3n) is 5.58. The number of nitrogens with one attached hydrogen (secondary N) is 2. The van der Waals surface area contributed by atoms with Gasteiger partial charge in [-0.25, -0.2) is 9.18 Å². The van der Waals surface area contributed by atoms with Crippen molar-refractivity contribution in [2.75, 3.05) is 41.7 Å². The molecule has 0 radical (unpaired) electrons. The topological polar surface area (TPSA) is 56.8 Å². The van der Waals surface area contributed by atoms with E-state index in [-0.39, 0.29) is 30.1 Å². The normalized spacial score (nSPS) is 24.0. The van der Waals surface area contributed by atoms with Crippen LogP contribution in [0.25, 0.3) is 0 Å². The first-order chi connectivity index (χ1) is 14.5. The van der Waals surface area contributed by atoms with E-state index < -0.39 is 0 Å². The fourth-order valence-corrected chi connectivity index (χ4v) is 4.25. The van der Waals surface area contributed by atoms with E-state index in [0.29, 0.717) is 37.6 Å². The Morgan fingerprint density at radius 3 is 2.47 bits per heavy atom. The first kappa shape index (κ1) is 20.5. The van der Waals surface area contributed by atoms with E-state index >= 15 is 0 Å². The lowest BCUT2D eigenvalue weighted by molar-refractivity contribution is -0.00539. The van der Waals surface area contributed by atoms with Crippen LogP contribution in [0, 0.1) is 5.82 Å². The standard InChI is InChI=1S/C23H29FN4O2/c1-16-13-28(14-17(2)30-16)22-9-8-19(12-21(22)24)26-23(29)27-11-10-20(15-27)25-18-6-4-3-5-7-18/h3-9,12,16-17,20,25H,10-11,13-15H2,1-2H3,(H,26,29). The summed E-state index contributed by atoms with van der Waals surface area (Å²) in [6.07, 6.45) is 0.989. The van der Waals surface area contributed by atoms with Crippen LogP contribution in [0.15, 0.2) is 48.5 Å². The number of urea groups is 1. The van der Waals surface area contributed by atoms with Crippen molar-refractivity contribution in [3.63, 3.8) is 0 Å². The number of amides is 2. The molecule has 0 aliphatic carbocycles. The lowest BCUT2D eigenvalue weighted by Gasteiger charge is -2.37.